The molecule has 0 saturated heterocycles. The average Bonchev–Trinajstić information content (AvgIpc) is 2.45. The van der Waals surface area contributed by atoms with Gasteiger partial charge >= 0.3 is 0 Å². The summed E-state index contributed by atoms with van der Waals surface area (Å²) in [6, 6.07) is 7.73. The van der Waals surface area contributed by atoms with E-state index in [2.05, 4.69) is 24.2 Å². The third kappa shape index (κ3) is 5.30. The molecule has 0 unspecified atom stereocenters. The van der Waals surface area contributed by atoms with E-state index in [1.165, 1.54) is 12.8 Å². The molecule has 0 bridgehead atoms. The van der Waals surface area contributed by atoms with Crippen LogP contribution in [-0.2, 0) is 0 Å². The summed E-state index contributed by atoms with van der Waals surface area (Å²) in [6.45, 7) is 4.45. The van der Waals surface area contributed by atoms with Gasteiger partial charge in [-0.05, 0) is 43.7 Å². The minimum Gasteiger partial charge on any atom is -0.375 e. The molecular weight excluding hydrogens is 238 g/mol. The number of benzene rings is 1. The fraction of sp³-hybridized carbons (Fsp3) is 0.533. The van der Waals surface area contributed by atoms with Crippen molar-refractivity contribution in [3.63, 3.8) is 0 Å². The van der Waals surface area contributed by atoms with Gasteiger partial charge in [0.25, 0.3) is 5.91 Å². The van der Waals surface area contributed by atoms with E-state index in [-0.39, 0.29) is 5.91 Å². The van der Waals surface area contributed by atoms with Crippen LogP contribution in [0.25, 0.3) is 0 Å². The first-order valence-corrected chi connectivity index (χ1v) is 6.98. The molecule has 0 aliphatic carbocycles. The Labute approximate surface area is 116 Å². The zero-order valence-corrected chi connectivity index (χ0v) is 12.0. The van der Waals surface area contributed by atoms with Crippen molar-refractivity contribution in [2.45, 2.75) is 26.2 Å². The molecule has 0 heterocycles. The molecular formula is C15H25N3O. The first-order chi connectivity index (χ1) is 9.19. The molecule has 1 amide bonds. The molecule has 0 aliphatic rings. The van der Waals surface area contributed by atoms with E-state index >= 15 is 0 Å². The Bertz CT molecular complexity index is 375. The van der Waals surface area contributed by atoms with Gasteiger partial charge in [-0.15, -0.1) is 0 Å². The minimum atomic E-state index is -0.0313. The van der Waals surface area contributed by atoms with E-state index < -0.39 is 0 Å². The Morgan fingerprint density at radius 2 is 1.95 bits per heavy atom. The molecule has 0 atom stereocenters. The lowest BCUT2D eigenvalue weighted by molar-refractivity contribution is 0.0953. The second-order valence-electron chi connectivity index (χ2n) is 4.72. The first kappa shape index (κ1) is 15.5. The molecule has 0 aromatic heterocycles. The van der Waals surface area contributed by atoms with Crippen molar-refractivity contribution < 1.29 is 4.79 Å². The summed E-state index contributed by atoms with van der Waals surface area (Å²) in [4.78, 5) is 14.0. The second-order valence-corrected chi connectivity index (χ2v) is 4.72. The molecule has 1 aromatic rings. The summed E-state index contributed by atoms with van der Waals surface area (Å²) in [5, 5.41) is 2.85. The van der Waals surface area contributed by atoms with Gasteiger partial charge < -0.3 is 16.0 Å². The molecule has 0 fully saturated rings. The molecule has 0 aliphatic heterocycles. The number of nitrogens with two attached hydrogens (primary N) is 1. The van der Waals surface area contributed by atoms with Crippen molar-refractivity contribution in [3.8, 4) is 0 Å². The van der Waals surface area contributed by atoms with Gasteiger partial charge in [-0.1, -0.05) is 13.3 Å². The second kappa shape index (κ2) is 8.53. The van der Waals surface area contributed by atoms with E-state index in [1.807, 2.05) is 24.3 Å². The number of amides is 1. The largest absolute Gasteiger partial charge is 0.375 e. The summed E-state index contributed by atoms with van der Waals surface area (Å²) in [6.07, 6.45) is 3.17. The number of hydrogen-bond acceptors (Lipinski definition) is 3. The third-order valence-corrected chi connectivity index (χ3v) is 3.08. The van der Waals surface area contributed by atoms with Crippen molar-refractivity contribution >= 4 is 11.6 Å². The highest BCUT2D eigenvalue weighted by atomic mass is 16.1. The zero-order chi connectivity index (χ0) is 14.1. The summed E-state index contributed by atoms with van der Waals surface area (Å²) < 4.78 is 0. The SMILES string of the molecule is CCCCN(C)c1ccc(C(=O)NCCCN)cc1. The van der Waals surface area contributed by atoms with Crippen LogP contribution in [0.3, 0.4) is 0 Å². The van der Waals surface area contributed by atoms with Gasteiger partial charge in [0.2, 0.25) is 0 Å². The summed E-state index contributed by atoms with van der Waals surface area (Å²) >= 11 is 0. The fourth-order valence-corrected chi connectivity index (χ4v) is 1.80. The highest BCUT2D eigenvalue weighted by Crippen LogP contribution is 2.14. The molecule has 3 N–H and O–H groups in total. The summed E-state index contributed by atoms with van der Waals surface area (Å²) in [5.74, 6) is -0.0313. The lowest BCUT2D eigenvalue weighted by Crippen LogP contribution is -2.26. The molecule has 19 heavy (non-hydrogen) atoms. The van der Waals surface area contributed by atoms with Gasteiger partial charge in [0.1, 0.15) is 0 Å². The molecule has 106 valence electrons. The average molecular weight is 263 g/mol. The van der Waals surface area contributed by atoms with Crippen LogP contribution >= 0.6 is 0 Å². The maximum atomic E-state index is 11.8. The molecule has 4 heteroatoms. The molecule has 1 aromatic carbocycles. The van der Waals surface area contributed by atoms with Crippen molar-refractivity contribution in [1.29, 1.82) is 0 Å². The molecule has 0 spiro atoms. The lowest BCUT2D eigenvalue weighted by atomic mass is 10.1. The number of carbonyl (C=O) groups excluding carboxylic acids is 1. The van der Waals surface area contributed by atoms with Crippen molar-refractivity contribution in [2.75, 3.05) is 31.6 Å². The standard InChI is InChI=1S/C15H25N3O/c1-3-4-12-18(2)14-8-6-13(7-9-14)15(19)17-11-5-10-16/h6-9H,3-5,10-12,16H2,1-2H3,(H,17,19). The minimum absolute atomic E-state index is 0.0313. The highest BCUT2D eigenvalue weighted by Gasteiger charge is 2.05. The first-order valence-electron chi connectivity index (χ1n) is 6.98. The predicted molar refractivity (Wildman–Crippen MR) is 80.6 cm³/mol. The maximum Gasteiger partial charge on any atom is 0.251 e. The number of carbonyl (C=O) groups is 1. The van der Waals surface area contributed by atoms with Crippen LogP contribution in [0, 0.1) is 0 Å². The summed E-state index contributed by atoms with van der Waals surface area (Å²) in [7, 11) is 2.08. The van der Waals surface area contributed by atoms with Crippen LogP contribution in [0.4, 0.5) is 5.69 Å². The van der Waals surface area contributed by atoms with E-state index in [1.54, 1.807) is 0 Å². The van der Waals surface area contributed by atoms with E-state index in [0.29, 0.717) is 18.7 Å². The van der Waals surface area contributed by atoms with Gasteiger partial charge in [0, 0.05) is 31.4 Å². The number of rotatable bonds is 8. The van der Waals surface area contributed by atoms with Crippen molar-refractivity contribution in [1.82, 2.24) is 5.32 Å². The van der Waals surface area contributed by atoms with Gasteiger partial charge in [0.15, 0.2) is 0 Å². The Balaban J connectivity index is 2.53. The fourth-order valence-electron chi connectivity index (χ4n) is 1.80. The Kier molecular flexibility index (Phi) is 6.97. The van der Waals surface area contributed by atoms with Crippen LogP contribution in [0.5, 0.6) is 0 Å². The van der Waals surface area contributed by atoms with Crippen LogP contribution in [0.15, 0.2) is 24.3 Å². The third-order valence-electron chi connectivity index (χ3n) is 3.08. The summed E-state index contributed by atoms with van der Waals surface area (Å²) in [5.41, 5.74) is 7.23. The molecule has 1 rings (SSSR count). The number of hydrogen-bond donors (Lipinski definition) is 2. The number of anilines is 1. The topological polar surface area (TPSA) is 58.4 Å². The van der Waals surface area contributed by atoms with E-state index in [4.69, 9.17) is 5.73 Å². The molecule has 0 saturated carbocycles. The maximum absolute atomic E-state index is 11.8. The van der Waals surface area contributed by atoms with Crippen molar-refractivity contribution in [2.24, 2.45) is 5.73 Å². The predicted octanol–water partition coefficient (Wildman–Crippen LogP) is 2.00. The van der Waals surface area contributed by atoms with Crippen LogP contribution in [-0.4, -0.2) is 32.6 Å². The zero-order valence-electron chi connectivity index (χ0n) is 12.0. The van der Waals surface area contributed by atoms with Crippen LogP contribution in [0.1, 0.15) is 36.5 Å². The van der Waals surface area contributed by atoms with Crippen LogP contribution in [0.2, 0.25) is 0 Å². The monoisotopic (exact) mass is 263 g/mol. The Hall–Kier alpha value is -1.55. The van der Waals surface area contributed by atoms with Gasteiger partial charge in [-0.25, -0.2) is 0 Å². The van der Waals surface area contributed by atoms with Crippen molar-refractivity contribution in [3.05, 3.63) is 29.8 Å². The number of nitrogens with one attached hydrogen (secondary N) is 1. The number of unbranched alkanes of at least 4 members (excludes halogenated alkanes) is 1. The van der Waals surface area contributed by atoms with Crippen LogP contribution < -0.4 is 16.0 Å². The smallest absolute Gasteiger partial charge is 0.251 e. The Morgan fingerprint density at radius 3 is 2.53 bits per heavy atom. The van der Waals surface area contributed by atoms with Gasteiger partial charge in [-0.2, -0.15) is 0 Å². The normalized spacial score (nSPS) is 10.3. The van der Waals surface area contributed by atoms with Gasteiger partial charge in [0.05, 0.1) is 0 Å². The molecule has 0 radical (unpaired) electrons. The van der Waals surface area contributed by atoms with E-state index in [9.17, 15) is 4.79 Å². The Morgan fingerprint density at radius 1 is 1.26 bits per heavy atom. The quantitative estimate of drug-likeness (QED) is 0.705. The highest BCUT2D eigenvalue weighted by molar-refractivity contribution is 5.94. The van der Waals surface area contributed by atoms with Gasteiger partial charge in [-0.3, -0.25) is 4.79 Å². The number of nitrogens with zero attached hydrogens (tertiary/aromatic N) is 1. The lowest BCUT2D eigenvalue weighted by Gasteiger charge is -2.19. The molecule has 4 nitrogen and oxygen atoms in total. The van der Waals surface area contributed by atoms with E-state index in [0.717, 1.165) is 18.7 Å².